The van der Waals surface area contributed by atoms with Crippen molar-refractivity contribution in [1.29, 1.82) is 0 Å². The predicted molar refractivity (Wildman–Crippen MR) is 117 cm³/mol. The highest BCUT2D eigenvalue weighted by atomic mass is 79.9. The summed E-state index contributed by atoms with van der Waals surface area (Å²) in [5, 5.41) is 4.16. The van der Waals surface area contributed by atoms with E-state index in [1.165, 1.54) is 0 Å². The number of aromatic nitrogens is 2. The Labute approximate surface area is 190 Å². The predicted octanol–water partition coefficient (Wildman–Crippen LogP) is 1.80. The topological polar surface area (TPSA) is 95.8 Å². The number of halogens is 1. The number of likely N-dealkylation sites (tertiary alicyclic amines) is 2. The molecule has 0 N–H and O–H groups in total. The van der Waals surface area contributed by atoms with Gasteiger partial charge in [0, 0.05) is 58.2 Å². The molecule has 2 fully saturated rings. The van der Waals surface area contributed by atoms with Crippen LogP contribution in [0, 0.1) is 0 Å². The zero-order valence-corrected chi connectivity index (χ0v) is 19.7. The number of carbonyl (C=O) groups excluding carboxylic acids is 4. The molecule has 2 aliphatic heterocycles. The van der Waals surface area contributed by atoms with Crippen molar-refractivity contribution in [3.8, 4) is 0 Å². The molecule has 2 saturated heterocycles. The standard InChI is InChI=1S/C21H30BrN5O4/c1-3-17(27-19(29)7-8-20(27)30)21(31)26-10-5-4-6-16(26)14-24(2)18(28)9-11-25-13-15(22)12-23-25/h12-13,16-17H,3-11,14H2,1-2H3/t16-,17?/m1/s1. The van der Waals surface area contributed by atoms with Gasteiger partial charge in [-0.05, 0) is 41.6 Å². The van der Waals surface area contributed by atoms with Crippen LogP contribution in [-0.2, 0) is 25.7 Å². The minimum absolute atomic E-state index is 0.0125. The molecule has 4 amide bonds. The van der Waals surface area contributed by atoms with Crippen molar-refractivity contribution in [3.63, 3.8) is 0 Å². The molecule has 0 aromatic carbocycles. The second kappa shape index (κ2) is 10.4. The summed E-state index contributed by atoms with van der Waals surface area (Å²) in [7, 11) is 1.75. The van der Waals surface area contributed by atoms with E-state index in [1.54, 1.807) is 27.7 Å². The number of aryl methyl sites for hydroxylation is 1. The third kappa shape index (κ3) is 5.53. The van der Waals surface area contributed by atoms with Crippen molar-refractivity contribution in [2.75, 3.05) is 20.1 Å². The lowest BCUT2D eigenvalue weighted by atomic mass is 9.99. The van der Waals surface area contributed by atoms with E-state index < -0.39 is 6.04 Å². The molecule has 2 aliphatic rings. The first-order chi connectivity index (χ1) is 14.8. The van der Waals surface area contributed by atoms with Gasteiger partial charge in [0.1, 0.15) is 6.04 Å². The zero-order valence-electron chi connectivity index (χ0n) is 18.1. The molecule has 31 heavy (non-hydrogen) atoms. The van der Waals surface area contributed by atoms with E-state index in [2.05, 4.69) is 21.0 Å². The van der Waals surface area contributed by atoms with Crippen molar-refractivity contribution in [1.82, 2.24) is 24.5 Å². The molecule has 170 valence electrons. The second-order valence-corrected chi connectivity index (χ2v) is 9.12. The molecule has 1 aromatic rings. The van der Waals surface area contributed by atoms with Gasteiger partial charge in [-0.2, -0.15) is 5.10 Å². The van der Waals surface area contributed by atoms with Crippen molar-refractivity contribution in [2.24, 2.45) is 0 Å². The summed E-state index contributed by atoms with van der Waals surface area (Å²) in [6.45, 7) is 3.33. The van der Waals surface area contributed by atoms with E-state index in [4.69, 9.17) is 0 Å². The van der Waals surface area contributed by atoms with Crippen LogP contribution >= 0.6 is 15.9 Å². The smallest absolute Gasteiger partial charge is 0.246 e. The van der Waals surface area contributed by atoms with Crippen LogP contribution < -0.4 is 0 Å². The van der Waals surface area contributed by atoms with Crippen molar-refractivity contribution in [3.05, 3.63) is 16.9 Å². The number of likely N-dealkylation sites (N-methyl/N-ethyl adjacent to an activating group) is 1. The highest BCUT2D eigenvalue weighted by Gasteiger charge is 2.41. The SMILES string of the molecule is CCC(C(=O)N1CCCC[C@@H]1CN(C)C(=O)CCn1cc(Br)cn1)N1C(=O)CCC1=O. The number of piperidine rings is 1. The molecule has 10 heteroatoms. The van der Waals surface area contributed by atoms with Gasteiger partial charge in [0.2, 0.25) is 23.6 Å². The summed E-state index contributed by atoms with van der Waals surface area (Å²) in [6, 6.07) is -0.863. The van der Waals surface area contributed by atoms with Gasteiger partial charge in [0.25, 0.3) is 0 Å². The maximum Gasteiger partial charge on any atom is 0.246 e. The van der Waals surface area contributed by atoms with Crippen LogP contribution in [-0.4, -0.2) is 80.3 Å². The monoisotopic (exact) mass is 495 g/mol. The number of nitrogens with zero attached hydrogens (tertiary/aromatic N) is 5. The summed E-state index contributed by atoms with van der Waals surface area (Å²) >= 11 is 3.34. The number of amides is 4. The largest absolute Gasteiger partial charge is 0.344 e. The number of hydrogen-bond acceptors (Lipinski definition) is 5. The Hall–Kier alpha value is -2.23. The fraction of sp³-hybridized carbons (Fsp3) is 0.667. The van der Waals surface area contributed by atoms with Gasteiger partial charge in [-0.3, -0.25) is 28.8 Å². The second-order valence-electron chi connectivity index (χ2n) is 8.21. The zero-order chi connectivity index (χ0) is 22.5. The number of carbonyl (C=O) groups is 4. The summed E-state index contributed by atoms with van der Waals surface area (Å²) in [4.78, 5) is 54.9. The minimum Gasteiger partial charge on any atom is -0.344 e. The highest BCUT2D eigenvalue weighted by molar-refractivity contribution is 9.10. The van der Waals surface area contributed by atoms with Crippen LogP contribution in [0.15, 0.2) is 16.9 Å². The molecule has 0 aliphatic carbocycles. The Morgan fingerprint density at radius 2 is 1.97 bits per heavy atom. The average Bonchev–Trinajstić information content (AvgIpc) is 3.32. The third-order valence-electron chi connectivity index (χ3n) is 6.05. The lowest BCUT2D eigenvalue weighted by Crippen LogP contribution is -2.56. The Balaban J connectivity index is 1.62. The molecule has 0 spiro atoms. The average molecular weight is 496 g/mol. The maximum atomic E-state index is 13.3. The molecule has 3 rings (SSSR count). The number of hydrogen-bond donors (Lipinski definition) is 0. The van der Waals surface area contributed by atoms with Crippen LogP contribution in [0.5, 0.6) is 0 Å². The lowest BCUT2D eigenvalue weighted by molar-refractivity contribution is -0.153. The van der Waals surface area contributed by atoms with E-state index in [0.29, 0.717) is 32.5 Å². The molecule has 0 bridgehead atoms. The first-order valence-electron chi connectivity index (χ1n) is 10.9. The van der Waals surface area contributed by atoms with Gasteiger partial charge in [-0.15, -0.1) is 0 Å². The van der Waals surface area contributed by atoms with Crippen molar-refractivity contribution in [2.45, 2.75) is 70.5 Å². The highest BCUT2D eigenvalue weighted by Crippen LogP contribution is 2.24. The van der Waals surface area contributed by atoms with Gasteiger partial charge in [0.05, 0.1) is 10.7 Å². The Bertz CT molecular complexity index is 825. The molecule has 0 saturated carbocycles. The molecule has 2 atom stereocenters. The van der Waals surface area contributed by atoms with Crippen LogP contribution in [0.3, 0.4) is 0 Å². The van der Waals surface area contributed by atoms with Crippen molar-refractivity contribution >= 4 is 39.6 Å². The Morgan fingerprint density at radius 1 is 1.26 bits per heavy atom. The van der Waals surface area contributed by atoms with E-state index in [1.807, 2.05) is 13.1 Å². The van der Waals surface area contributed by atoms with Gasteiger partial charge >= 0.3 is 0 Å². The van der Waals surface area contributed by atoms with Gasteiger partial charge in [-0.25, -0.2) is 0 Å². The van der Waals surface area contributed by atoms with E-state index in [-0.39, 0.29) is 42.5 Å². The molecule has 9 nitrogen and oxygen atoms in total. The van der Waals surface area contributed by atoms with Gasteiger partial charge in [-0.1, -0.05) is 6.92 Å². The van der Waals surface area contributed by atoms with Gasteiger partial charge < -0.3 is 9.80 Å². The van der Waals surface area contributed by atoms with Crippen LogP contribution in [0.4, 0.5) is 0 Å². The van der Waals surface area contributed by atoms with E-state index in [9.17, 15) is 19.2 Å². The summed E-state index contributed by atoms with van der Waals surface area (Å²) in [5.74, 6) is -0.729. The Morgan fingerprint density at radius 3 is 2.58 bits per heavy atom. The molecular weight excluding hydrogens is 466 g/mol. The van der Waals surface area contributed by atoms with E-state index >= 15 is 0 Å². The molecule has 1 unspecified atom stereocenters. The molecular formula is C21H30BrN5O4. The number of imide groups is 1. The van der Waals surface area contributed by atoms with Crippen LogP contribution in [0.2, 0.25) is 0 Å². The van der Waals surface area contributed by atoms with E-state index in [0.717, 1.165) is 28.6 Å². The first-order valence-corrected chi connectivity index (χ1v) is 11.7. The van der Waals surface area contributed by atoms with Crippen LogP contribution in [0.25, 0.3) is 0 Å². The van der Waals surface area contributed by atoms with Crippen molar-refractivity contribution < 1.29 is 19.2 Å². The molecule has 0 radical (unpaired) electrons. The first kappa shape index (κ1) is 23.4. The number of rotatable bonds is 8. The summed E-state index contributed by atoms with van der Waals surface area (Å²) in [6.07, 6.45) is 7.23. The fourth-order valence-corrected chi connectivity index (χ4v) is 4.69. The normalized spacial score (nSPS) is 20.3. The van der Waals surface area contributed by atoms with Gasteiger partial charge in [0.15, 0.2) is 0 Å². The third-order valence-corrected chi connectivity index (χ3v) is 6.46. The Kier molecular flexibility index (Phi) is 7.85. The lowest BCUT2D eigenvalue weighted by Gasteiger charge is -2.40. The summed E-state index contributed by atoms with van der Waals surface area (Å²) < 4.78 is 2.58. The molecule has 3 heterocycles. The minimum atomic E-state index is -0.748. The summed E-state index contributed by atoms with van der Waals surface area (Å²) in [5.41, 5.74) is 0. The van der Waals surface area contributed by atoms with Crippen LogP contribution in [0.1, 0.15) is 51.9 Å². The quantitative estimate of drug-likeness (QED) is 0.512. The molecule has 1 aromatic heterocycles. The fourth-order valence-electron chi connectivity index (χ4n) is 4.36. The maximum absolute atomic E-state index is 13.3.